The van der Waals surface area contributed by atoms with E-state index < -0.39 is 23.4 Å². The first-order chi connectivity index (χ1) is 18.5. The number of carbonyl (C=O) groups excluding carboxylic acids is 3. The van der Waals surface area contributed by atoms with Crippen molar-refractivity contribution in [2.24, 2.45) is 5.41 Å². The number of Topliss-reactive ketones (excluding diaryl/α,β-unsaturated/α-hetero) is 3. The van der Waals surface area contributed by atoms with Crippen molar-refractivity contribution in [1.82, 2.24) is 4.98 Å². The molecule has 1 saturated heterocycles. The number of aromatic nitrogens is 1. The summed E-state index contributed by atoms with van der Waals surface area (Å²) in [7, 11) is 0. The van der Waals surface area contributed by atoms with Crippen LogP contribution in [0.1, 0.15) is 48.1 Å². The second-order valence-electron chi connectivity index (χ2n) is 9.93. The van der Waals surface area contributed by atoms with Crippen LogP contribution in [0, 0.1) is 5.41 Å². The summed E-state index contributed by atoms with van der Waals surface area (Å²) in [4.78, 5) is 49.9. The van der Waals surface area contributed by atoms with Gasteiger partial charge in [-0.2, -0.15) is 0 Å². The predicted molar refractivity (Wildman–Crippen MR) is 149 cm³/mol. The highest BCUT2D eigenvalue weighted by Crippen LogP contribution is 2.60. The molecule has 1 aromatic heterocycles. The lowest BCUT2D eigenvalue weighted by Gasteiger charge is -2.37. The van der Waals surface area contributed by atoms with Crippen LogP contribution in [0.5, 0.6) is 0 Å². The van der Waals surface area contributed by atoms with Crippen LogP contribution >= 0.6 is 15.9 Å². The summed E-state index contributed by atoms with van der Waals surface area (Å²) >= 11 is 3.55. The van der Waals surface area contributed by atoms with Gasteiger partial charge >= 0.3 is 0 Å². The third kappa shape index (κ3) is 2.98. The summed E-state index contributed by atoms with van der Waals surface area (Å²) in [6.07, 6.45) is 7.23. The van der Waals surface area contributed by atoms with E-state index in [0.717, 1.165) is 15.7 Å². The van der Waals surface area contributed by atoms with Gasteiger partial charge in [0.1, 0.15) is 11.5 Å². The van der Waals surface area contributed by atoms with Crippen LogP contribution in [-0.2, 0) is 0 Å². The summed E-state index contributed by atoms with van der Waals surface area (Å²) in [6.45, 7) is 0. The van der Waals surface area contributed by atoms with E-state index in [1.54, 1.807) is 54.9 Å². The second kappa shape index (κ2) is 8.43. The molecule has 1 spiro atoms. The molecule has 2 aliphatic heterocycles. The minimum atomic E-state index is -1.51. The van der Waals surface area contributed by atoms with Crippen molar-refractivity contribution >= 4 is 45.0 Å². The molecule has 3 heterocycles. The topological polar surface area (TPSA) is 67.3 Å². The Labute approximate surface area is 228 Å². The zero-order valence-electron chi connectivity index (χ0n) is 20.1. The minimum absolute atomic E-state index is 0.137. The Morgan fingerprint density at radius 1 is 0.868 bits per heavy atom. The normalized spacial score (nSPS) is 22.3. The third-order valence-electron chi connectivity index (χ3n) is 8.14. The van der Waals surface area contributed by atoms with Crippen LogP contribution in [0.4, 0.5) is 5.69 Å². The summed E-state index contributed by atoms with van der Waals surface area (Å²) in [5.41, 5.74) is 2.27. The summed E-state index contributed by atoms with van der Waals surface area (Å²) < 4.78 is 0.906. The maximum atomic E-state index is 14.5. The zero-order valence-corrected chi connectivity index (χ0v) is 21.7. The Kier molecular flexibility index (Phi) is 5.10. The average Bonchev–Trinajstić information content (AvgIpc) is 3.39. The Balaban J connectivity index is 1.55. The van der Waals surface area contributed by atoms with E-state index in [0.29, 0.717) is 22.3 Å². The van der Waals surface area contributed by atoms with E-state index in [4.69, 9.17) is 0 Å². The number of nitrogens with zero attached hydrogens (tertiary/aromatic N) is 2. The Morgan fingerprint density at radius 3 is 2.26 bits per heavy atom. The zero-order chi connectivity index (χ0) is 26.0. The lowest BCUT2D eigenvalue weighted by Crippen LogP contribution is -2.48. The van der Waals surface area contributed by atoms with Crippen LogP contribution < -0.4 is 4.90 Å². The van der Waals surface area contributed by atoms with Gasteiger partial charge < -0.3 is 4.90 Å². The highest BCUT2D eigenvalue weighted by Gasteiger charge is 2.71. The van der Waals surface area contributed by atoms with E-state index in [1.165, 1.54) is 0 Å². The molecule has 0 N–H and O–H groups in total. The molecule has 184 valence electrons. The van der Waals surface area contributed by atoms with Crippen LogP contribution in [0.25, 0.3) is 6.08 Å². The molecule has 3 aromatic carbocycles. The van der Waals surface area contributed by atoms with Gasteiger partial charge in [-0.1, -0.05) is 88.7 Å². The first-order valence-electron chi connectivity index (χ1n) is 12.5. The maximum Gasteiger partial charge on any atom is 0.185 e. The van der Waals surface area contributed by atoms with Crippen molar-refractivity contribution in [1.29, 1.82) is 0 Å². The van der Waals surface area contributed by atoms with Gasteiger partial charge in [-0.15, -0.1) is 0 Å². The lowest BCUT2D eigenvalue weighted by atomic mass is 9.64. The van der Waals surface area contributed by atoms with Gasteiger partial charge in [-0.25, -0.2) is 0 Å². The number of anilines is 1. The number of fused-ring (bicyclic) bond motifs is 5. The summed E-state index contributed by atoms with van der Waals surface area (Å²) in [5.74, 6) is -1.37. The highest BCUT2D eigenvalue weighted by molar-refractivity contribution is 9.10. The smallest absolute Gasteiger partial charge is 0.185 e. The fraction of sp³-hybridized carbons (Fsp3) is 0.125. The number of benzene rings is 3. The van der Waals surface area contributed by atoms with Crippen molar-refractivity contribution < 1.29 is 14.4 Å². The number of carbonyl (C=O) groups is 3. The molecule has 5 nitrogen and oxygen atoms in total. The van der Waals surface area contributed by atoms with E-state index >= 15 is 0 Å². The molecule has 3 atom stereocenters. The molecule has 7 rings (SSSR count). The molecule has 0 saturated carbocycles. The fourth-order valence-corrected chi connectivity index (χ4v) is 7.03. The molecule has 3 aliphatic rings. The quantitative estimate of drug-likeness (QED) is 0.222. The molecule has 1 fully saturated rings. The van der Waals surface area contributed by atoms with Gasteiger partial charge in [0.15, 0.2) is 17.3 Å². The maximum absolute atomic E-state index is 14.5. The molecule has 1 aliphatic carbocycles. The first kappa shape index (κ1) is 23.0. The minimum Gasteiger partial charge on any atom is -0.352 e. The molecule has 6 heteroatoms. The molecule has 0 unspecified atom stereocenters. The second-order valence-corrected chi connectivity index (χ2v) is 10.8. The highest BCUT2D eigenvalue weighted by atomic mass is 79.9. The standard InChI is InChI=1S/C32H21BrN2O3/c33-22-13-14-25-20(17-22)12-15-26-32(30(37)23-10-4-5-11-24(23)31(32)38)27(21-9-6-16-34-18-21)28(35(25)26)29(36)19-7-2-1-3-8-19/h1-18,26-28H/t26-,27-,28-/m1/s1. The van der Waals surface area contributed by atoms with Crippen molar-refractivity contribution in [3.63, 3.8) is 0 Å². The number of pyridine rings is 1. The number of halogens is 1. The molecule has 38 heavy (non-hydrogen) atoms. The van der Waals surface area contributed by atoms with Crippen molar-refractivity contribution in [3.05, 3.63) is 136 Å². The van der Waals surface area contributed by atoms with Gasteiger partial charge in [-0.05, 0) is 35.4 Å². The lowest BCUT2D eigenvalue weighted by molar-refractivity contribution is 0.0666. The predicted octanol–water partition coefficient (Wildman–Crippen LogP) is 6.16. The van der Waals surface area contributed by atoms with Gasteiger partial charge in [0.25, 0.3) is 0 Å². The number of rotatable bonds is 3. The molecular weight excluding hydrogens is 540 g/mol. The van der Waals surface area contributed by atoms with Gasteiger partial charge in [0.05, 0.1) is 6.04 Å². The Bertz CT molecular complexity index is 1630. The van der Waals surface area contributed by atoms with E-state index in [2.05, 4.69) is 20.9 Å². The largest absolute Gasteiger partial charge is 0.352 e. The monoisotopic (exact) mass is 560 g/mol. The van der Waals surface area contributed by atoms with Crippen molar-refractivity contribution in [2.45, 2.75) is 18.0 Å². The summed E-state index contributed by atoms with van der Waals surface area (Å²) in [6, 6.07) is 24.2. The molecule has 0 radical (unpaired) electrons. The number of ketones is 3. The van der Waals surface area contributed by atoms with Gasteiger partial charge in [0.2, 0.25) is 0 Å². The van der Waals surface area contributed by atoms with Crippen LogP contribution in [0.2, 0.25) is 0 Å². The van der Waals surface area contributed by atoms with Gasteiger partial charge in [-0.3, -0.25) is 19.4 Å². The van der Waals surface area contributed by atoms with E-state index in [-0.39, 0.29) is 17.3 Å². The Hall–Kier alpha value is -4.16. The molecule has 0 amide bonds. The SMILES string of the molecule is O=C(c1ccccc1)[C@H]1[C@@H](c2cccnc2)C2(C(=O)c3ccccc3C2=O)[C@H]2C=Cc3cc(Br)ccc3N12. The van der Waals surface area contributed by atoms with Crippen LogP contribution in [0.3, 0.4) is 0 Å². The van der Waals surface area contributed by atoms with Gasteiger partial charge in [0, 0.05) is 45.2 Å². The molecular formula is C32H21BrN2O3. The van der Waals surface area contributed by atoms with Crippen molar-refractivity contribution in [2.75, 3.05) is 4.90 Å². The average molecular weight is 561 g/mol. The summed E-state index contributed by atoms with van der Waals surface area (Å²) in [5, 5.41) is 0. The third-order valence-corrected chi connectivity index (χ3v) is 8.63. The van der Waals surface area contributed by atoms with Crippen molar-refractivity contribution in [3.8, 4) is 0 Å². The first-order valence-corrected chi connectivity index (χ1v) is 13.3. The molecule has 0 bridgehead atoms. The van der Waals surface area contributed by atoms with Crippen LogP contribution in [0.15, 0.2) is 108 Å². The fourth-order valence-electron chi connectivity index (χ4n) is 6.65. The van der Waals surface area contributed by atoms with Crippen LogP contribution in [-0.4, -0.2) is 34.4 Å². The Morgan fingerprint density at radius 2 is 1.58 bits per heavy atom. The van der Waals surface area contributed by atoms with E-state index in [9.17, 15) is 14.4 Å². The number of hydrogen-bond acceptors (Lipinski definition) is 5. The number of hydrogen-bond donors (Lipinski definition) is 0. The van der Waals surface area contributed by atoms with E-state index in [1.807, 2.05) is 59.5 Å². The molecule has 4 aromatic rings.